The number of aliphatic hydroxyl groups is 3. The molecule has 0 spiro atoms. The molecule has 0 saturated carbocycles. The number of nitrogens with one attached hydrogen (secondary N) is 1. The summed E-state index contributed by atoms with van der Waals surface area (Å²) in [4.78, 5) is 40.3. The number of methoxy groups -OCH3 is 1. The molecule has 1 aliphatic rings. The normalized spacial score (nSPS) is 18.5. The first-order valence-electron chi connectivity index (χ1n) is 12.9. The Kier molecular flexibility index (Phi) is 11.5. The van der Waals surface area contributed by atoms with E-state index in [4.69, 9.17) is 9.47 Å². The average molecular weight is 667 g/mol. The van der Waals surface area contributed by atoms with Crippen LogP contribution in [0.1, 0.15) is 36.5 Å². The third kappa shape index (κ3) is 7.59. The highest BCUT2D eigenvalue weighted by molar-refractivity contribution is 14.1. The first-order chi connectivity index (χ1) is 19.1. The maximum atomic E-state index is 13.4. The van der Waals surface area contributed by atoms with Gasteiger partial charge in [-0.15, -0.1) is 0 Å². The number of hydrogen-bond donors (Lipinski definition) is 4. The van der Waals surface area contributed by atoms with E-state index in [1.165, 1.54) is 18.1 Å². The van der Waals surface area contributed by atoms with Gasteiger partial charge in [0.15, 0.2) is 11.5 Å². The van der Waals surface area contributed by atoms with E-state index in [-0.39, 0.29) is 50.5 Å². The molecule has 2 amide bonds. The summed E-state index contributed by atoms with van der Waals surface area (Å²) in [6.45, 7) is 3.11. The van der Waals surface area contributed by atoms with Gasteiger partial charge in [-0.25, -0.2) is 0 Å². The van der Waals surface area contributed by atoms with E-state index in [0.29, 0.717) is 14.9 Å². The highest BCUT2D eigenvalue weighted by Gasteiger charge is 2.42. The molecule has 0 radical (unpaired) electrons. The van der Waals surface area contributed by atoms with Gasteiger partial charge in [-0.05, 0) is 58.9 Å². The van der Waals surface area contributed by atoms with Crippen molar-refractivity contribution in [3.05, 3.63) is 68.3 Å². The zero-order chi connectivity index (χ0) is 29.4. The minimum absolute atomic E-state index is 0.0156. The minimum Gasteiger partial charge on any atom is -0.493 e. The molecule has 0 saturated heterocycles. The molecule has 0 aromatic heterocycles. The average Bonchev–Trinajstić information content (AvgIpc) is 2.96. The molecule has 4 N–H and O–H groups in total. The molecule has 0 fully saturated rings. The third-order valence-corrected chi connectivity index (χ3v) is 7.44. The first kappa shape index (κ1) is 31.5. The minimum atomic E-state index is -1.31. The van der Waals surface area contributed by atoms with Gasteiger partial charge in [0.25, 0.3) is 5.91 Å². The third-order valence-electron chi connectivity index (χ3n) is 6.63. The van der Waals surface area contributed by atoms with Gasteiger partial charge >= 0.3 is 0 Å². The number of ether oxygens (including phenoxy) is 2. The summed E-state index contributed by atoms with van der Waals surface area (Å²) in [5.74, 6) is -1.26. The van der Waals surface area contributed by atoms with Gasteiger partial charge in [0, 0.05) is 31.5 Å². The molecule has 1 aliphatic carbocycles. The van der Waals surface area contributed by atoms with E-state index in [1.807, 2.05) is 53.8 Å². The number of carbonyl (C=O) groups is 3. The summed E-state index contributed by atoms with van der Waals surface area (Å²) >= 11 is 2.02. The summed E-state index contributed by atoms with van der Waals surface area (Å²) in [6.07, 6.45) is -0.977. The second kappa shape index (κ2) is 14.6. The van der Waals surface area contributed by atoms with Gasteiger partial charge in [-0.2, -0.15) is 0 Å². The second-order valence-corrected chi connectivity index (χ2v) is 10.6. The number of benzene rings is 2. The van der Waals surface area contributed by atoms with Gasteiger partial charge in [0.1, 0.15) is 12.2 Å². The summed E-state index contributed by atoms with van der Waals surface area (Å²) in [6, 6.07) is 9.80. The van der Waals surface area contributed by atoms with Gasteiger partial charge < -0.3 is 35.0 Å². The first-order valence-corrected chi connectivity index (χ1v) is 14.0. The molecular formula is C29H35IN2O8. The monoisotopic (exact) mass is 666 g/mol. The lowest BCUT2D eigenvalue weighted by molar-refractivity contribution is -0.149. The molecule has 2 aromatic carbocycles. The number of rotatable bonds is 12. The lowest BCUT2D eigenvalue weighted by Gasteiger charge is -2.40. The van der Waals surface area contributed by atoms with Gasteiger partial charge in [0.05, 0.1) is 29.9 Å². The molecule has 0 heterocycles. The fourth-order valence-corrected chi connectivity index (χ4v) is 5.23. The van der Waals surface area contributed by atoms with Crippen LogP contribution >= 0.6 is 22.6 Å². The number of Topliss-reactive ketones (excluding diaryl/α,β-unsaturated/α-hetero) is 1. The van der Waals surface area contributed by atoms with Crippen LogP contribution in [0.3, 0.4) is 0 Å². The van der Waals surface area contributed by atoms with Crippen LogP contribution in [0.2, 0.25) is 0 Å². The Morgan fingerprint density at radius 2 is 1.82 bits per heavy atom. The van der Waals surface area contributed by atoms with E-state index in [9.17, 15) is 29.7 Å². The molecule has 3 unspecified atom stereocenters. The molecule has 10 nitrogen and oxygen atoms in total. The van der Waals surface area contributed by atoms with Crippen molar-refractivity contribution in [2.45, 2.75) is 58.1 Å². The van der Waals surface area contributed by atoms with Crippen LogP contribution in [-0.2, 0) is 27.5 Å². The van der Waals surface area contributed by atoms with Crippen LogP contribution in [0.25, 0.3) is 0 Å². The van der Waals surface area contributed by atoms with Crippen LogP contribution < -0.4 is 14.8 Å². The van der Waals surface area contributed by atoms with E-state index in [1.54, 1.807) is 19.1 Å². The van der Waals surface area contributed by atoms with Crippen molar-refractivity contribution in [1.82, 2.24) is 10.2 Å². The Labute approximate surface area is 247 Å². The van der Waals surface area contributed by atoms with Crippen LogP contribution in [-0.4, -0.2) is 76.3 Å². The number of aliphatic hydroxyl groups excluding tert-OH is 3. The lowest BCUT2D eigenvalue weighted by Crippen LogP contribution is -2.56. The zero-order valence-corrected chi connectivity index (χ0v) is 24.9. The smallest absolute Gasteiger partial charge is 0.290 e. The zero-order valence-electron chi connectivity index (χ0n) is 22.7. The highest BCUT2D eigenvalue weighted by atomic mass is 127. The predicted octanol–water partition coefficient (Wildman–Crippen LogP) is 2.02. The Morgan fingerprint density at radius 3 is 2.42 bits per heavy atom. The number of ketones is 1. The molecule has 3 atom stereocenters. The summed E-state index contributed by atoms with van der Waals surface area (Å²) in [5, 5.41) is 33.0. The van der Waals surface area contributed by atoms with Crippen LogP contribution in [0.5, 0.6) is 11.5 Å². The summed E-state index contributed by atoms with van der Waals surface area (Å²) in [7, 11) is 1.45. The van der Waals surface area contributed by atoms with E-state index in [2.05, 4.69) is 5.32 Å². The number of halogens is 1. The Hall–Kier alpha value is -3.00. The van der Waals surface area contributed by atoms with Crippen LogP contribution in [0.15, 0.2) is 48.0 Å². The van der Waals surface area contributed by atoms with Gasteiger partial charge in [0.2, 0.25) is 11.7 Å². The number of hydrogen-bond acceptors (Lipinski definition) is 8. The van der Waals surface area contributed by atoms with E-state index in [0.717, 1.165) is 11.1 Å². The van der Waals surface area contributed by atoms with Gasteiger partial charge in [-0.1, -0.05) is 36.8 Å². The molecule has 0 bridgehead atoms. The maximum Gasteiger partial charge on any atom is 0.290 e. The number of amides is 2. The largest absolute Gasteiger partial charge is 0.493 e. The number of carbonyl (C=O) groups excluding carboxylic acids is 3. The van der Waals surface area contributed by atoms with Crippen molar-refractivity contribution in [2.75, 3.05) is 20.3 Å². The molecular weight excluding hydrogens is 631 g/mol. The van der Waals surface area contributed by atoms with Crippen molar-refractivity contribution < 1.29 is 39.2 Å². The lowest BCUT2D eigenvalue weighted by atomic mass is 9.87. The fourth-order valence-electron chi connectivity index (χ4n) is 4.44. The Balaban J connectivity index is 2.06. The van der Waals surface area contributed by atoms with Gasteiger partial charge in [-0.3, -0.25) is 14.4 Å². The predicted molar refractivity (Wildman–Crippen MR) is 156 cm³/mol. The Bertz CT molecular complexity index is 1250. The quantitative estimate of drug-likeness (QED) is 0.199. The van der Waals surface area contributed by atoms with E-state index < -0.39 is 35.8 Å². The van der Waals surface area contributed by atoms with Crippen molar-refractivity contribution >= 4 is 40.2 Å². The maximum absolute atomic E-state index is 13.4. The molecule has 0 aliphatic heterocycles. The van der Waals surface area contributed by atoms with Crippen molar-refractivity contribution in [3.8, 4) is 11.5 Å². The van der Waals surface area contributed by atoms with Crippen molar-refractivity contribution in [2.24, 2.45) is 0 Å². The summed E-state index contributed by atoms with van der Waals surface area (Å²) < 4.78 is 12.3. The number of nitrogens with zero attached hydrogens (tertiary/aromatic N) is 1. The standard InChI is InChI=1S/C29H35IN2O8/c1-4-23(35)29(38)32(15-18-7-5-17(2)6-8-18)22-13-20(28(37)31-9-10-33)14-24(26(22)36)40-27-21(30)11-19(16-34)12-25(27)39-3/h5-8,11-12,14,22,24,26,33-34,36H,4,9-10,13,15-16H2,1-3H3,(H,31,37). The van der Waals surface area contributed by atoms with Crippen molar-refractivity contribution in [3.63, 3.8) is 0 Å². The summed E-state index contributed by atoms with van der Waals surface area (Å²) in [5.41, 5.74) is 2.62. The molecule has 40 heavy (non-hydrogen) atoms. The topological polar surface area (TPSA) is 146 Å². The molecule has 216 valence electrons. The van der Waals surface area contributed by atoms with Crippen LogP contribution in [0, 0.1) is 10.5 Å². The molecule has 3 rings (SSSR count). The second-order valence-electron chi connectivity index (χ2n) is 9.48. The Morgan fingerprint density at radius 1 is 1.12 bits per heavy atom. The van der Waals surface area contributed by atoms with E-state index >= 15 is 0 Å². The van der Waals surface area contributed by atoms with Crippen molar-refractivity contribution in [1.29, 1.82) is 0 Å². The molecule has 2 aromatic rings. The fraction of sp³-hybridized carbons (Fsp3) is 0.414. The number of aryl methyl sites for hydroxylation is 1. The molecule has 11 heteroatoms. The van der Waals surface area contributed by atoms with Crippen LogP contribution in [0.4, 0.5) is 0 Å². The highest BCUT2D eigenvalue weighted by Crippen LogP contribution is 2.37. The SMILES string of the molecule is CCC(=O)C(=O)N(Cc1ccc(C)cc1)C1CC(C(=O)NCCO)=CC(Oc2c(I)cc(CO)cc2OC)C1O.